The van der Waals surface area contributed by atoms with Crippen LogP contribution in [0.25, 0.3) is 10.8 Å². The summed E-state index contributed by atoms with van der Waals surface area (Å²) < 4.78 is 6.09. The first-order valence-electron chi connectivity index (χ1n) is 6.19. The summed E-state index contributed by atoms with van der Waals surface area (Å²) in [5, 5.41) is 5.75. The zero-order chi connectivity index (χ0) is 14.5. The number of amides is 1. The highest BCUT2D eigenvalue weighted by Gasteiger charge is 2.12. The largest absolute Gasteiger partial charge is 0.383 e. The van der Waals surface area contributed by atoms with Crippen LogP contribution in [0.2, 0.25) is 0 Å². The number of carbonyl (C=O) groups excluding carboxylic acids is 1. The zero-order valence-electron chi connectivity index (χ0n) is 11.0. The molecule has 0 aliphatic rings. The van der Waals surface area contributed by atoms with Crippen molar-refractivity contribution >= 4 is 48.5 Å². The van der Waals surface area contributed by atoms with Crippen molar-refractivity contribution in [3.8, 4) is 0 Å². The van der Waals surface area contributed by atoms with Crippen molar-refractivity contribution in [3.63, 3.8) is 0 Å². The van der Waals surface area contributed by atoms with Crippen molar-refractivity contribution in [2.75, 3.05) is 19.0 Å². The minimum Gasteiger partial charge on any atom is -0.383 e. The van der Waals surface area contributed by atoms with Crippen LogP contribution in [0.15, 0.2) is 40.9 Å². The molecule has 20 heavy (non-hydrogen) atoms. The van der Waals surface area contributed by atoms with Gasteiger partial charge in [0.1, 0.15) is 0 Å². The third-order valence-electron chi connectivity index (χ3n) is 2.95. The minimum absolute atomic E-state index is 0.0342. The van der Waals surface area contributed by atoms with Gasteiger partial charge in [-0.2, -0.15) is 0 Å². The summed E-state index contributed by atoms with van der Waals surface area (Å²) in [5.41, 5.74) is 0.655. The predicted octanol–water partition coefficient (Wildman–Crippen LogP) is 3.74. The van der Waals surface area contributed by atoms with Crippen molar-refractivity contribution in [2.45, 2.75) is 6.04 Å². The Morgan fingerprint density at radius 2 is 1.95 bits per heavy atom. The van der Waals surface area contributed by atoms with E-state index in [0.29, 0.717) is 17.5 Å². The molecule has 0 heterocycles. The Kier molecular flexibility index (Phi) is 5.57. The standard InChI is InChI=1S/C15H15Br2NO2/c1-20-9-14(8-16)18-15(19)12-3-2-11-7-13(17)5-4-10(11)6-12/h2-7,14H,8-9H2,1H3,(H,18,19). The van der Waals surface area contributed by atoms with E-state index in [9.17, 15) is 4.79 Å². The van der Waals surface area contributed by atoms with Gasteiger partial charge in [0.05, 0.1) is 12.6 Å². The fourth-order valence-corrected chi connectivity index (χ4v) is 2.68. The number of fused-ring (bicyclic) bond motifs is 1. The van der Waals surface area contributed by atoms with Gasteiger partial charge in [-0.25, -0.2) is 0 Å². The summed E-state index contributed by atoms with van der Waals surface area (Å²) in [7, 11) is 1.62. The fourth-order valence-electron chi connectivity index (χ4n) is 1.95. The topological polar surface area (TPSA) is 38.3 Å². The Bertz CT molecular complexity index is 616. The summed E-state index contributed by atoms with van der Waals surface area (Å²) in [6.07, 6.45) is 0. The lowest BCUT2D eigenvalue weighted by Gasteiger charge is -2.15. The Hall–Kier alpha value is -0.910. The van der Waals surface area contributed by atoms with E-state index in [1.165, 1.54) is 0 Å². The number of hydrogen-bond donors (Lipinski definition) is 1. The molecule has 3 nitrogen and oxygen atoms in total. The van der Waals surface area contributed by atoms with Gasteiger partial charge in [-0.15, -0.1) is 0 Å². The molecular formula is C15H15Br2NO2. The second-order valence-electron chi connectivity index (χ2n) is 4.49. The predicted molar refractivity (Wildman–Crippen MR) is 88.6 cm³/mol. The number of alkyl halides is 1. The van der Waals surface area contributed by atoms with E-state index in [4.69, 9.17) is 4.74 Å². The number of methoxy groups -OCH3 is 1. The van der Waals surface area contributed by atoms with E-state index in [1.54, 1.807) is 7.11 Å². The van der Waals surface area contributed by atoms with Crippen LogP contribution < -0.4 is 5.32 Å². The summed E-state index contributed by atoms with van der Waals surface area (Å²) in [4.78, 5) is 12.2. The van der Waals surface area contributed by atoms with Gasteiger partial charge in [0, 0.05) is 22.5 Å². The molecule has 1 atom stereocenters. The molecule has 0 radical (unpaired) electrons. The molecule has 1 N–H and O–H groups in total. The van der Waals surface area contributed by atoms with Crippen LogP contribution in [0.3, 0.4) is 0 Å². The first-order chi connectivity index (χ1) is 9.63. The van der Waals surface area contributed by atoms with E-state index < -0.39 is 0 Å². The number of ether oxygens (including phenoxy) is 1. The number of carbonyl (C=O) groups is 1. The molecule has 0 saturated carbocycles. The molecule has 0 aliphatic carbocycles. The van der Waals surface area contributed by atoms with E-state index in [2.05, 4.69) is 37.2 Å². The Labute approximate surface area is 134 Å². The first-order valence-corrected chi connectivity index (χ1v) is 8.10. The van der Waals surface area contributed by atoms with Gasteiger partial charge in [-0.1, -0.05) is 44.0 Å². The van der Waals surface area contributed by atoms with Crippen molar-refractivity contribution in [1.29, 1.82) is 0 Å². The number of nitrogens with one attached hydrogen (secondary N) is 1. The van der Waals surface area contributed by atoms with Gasteiger partial charge in [0.25, 0.3) is 5.91 Å². The molecule has 106 valence electrons. The average Bonchev–Trinajstić information content (AvgIpc) is 2.46. The molecule has 0 saturated heterocycles. The monoisotopic (exact) mass is 399 g/mol. The fraction of sp³-hybridized carbons (Fsp3) is 0.267. The SMILES string of the molecule is COCC(CBr)NC(=O)c1ccc2cc(Br)ccc2c1. The Balaban J connectivity index is 2.20. The third-order valence-corrected chi connectivity index (χ3v) is 4.23. The molecule has 1 amide bonds. The summed E-state index contributed by atoms with van der Waals surface area (Å²) in [6.45, 7) is 0.484. The average molecular weight is 401 g/mol. The molecule has 0 aliphatic heterocycles. The highest BCUT2D eigenvalue weighted by atomic mass is 79.9. The van der Waals surface area contributed by atoms with Crippen molar-refractivity contribution in [3.05, 3.63) is 46.4 Å². The lowest BCUT2D eigenvalue weighted by molar-refractivity contribution is 0.0908. The number of rotatable bonds is 5. The highest BCUT2D eigenvalue weighted by Crippen LogP contribution is 2.21. The quantitative estimate of drug-likeness (QED) is 0.776. The van der Waals surface area contributed by atoms with Gasteiger partial charge in [0.15, 0.2) is 0 Å². The summed E-state index contributed by atoms with van der Waals surface area (Å²) in [6, 6.07) is 11.6. The molecule has 0 aromatic heterocycles. The Morgan fingerprint density at radius 3 is 2.65 bits per heavy atom. The van der Waals surface area contributed by atoms with Crippen LogP contribution in [0.1, 0.15) is 10.4 Å². The molecular weight excluding hydrogens is 386 g/mol. The van der Waals surface area contributed by atoms with E-state index in [0.717, 1.165) is 15.2 Å². The van der Waals surface area contributed by atoms with Crippen LogP contribution >= 0.6 is 31.9 Å². The van der Waals surface area contributed by atoms with Gasteiger partial charge in [-0.05, 0) is 35.0 Å². The van der Waals surface area contributed by atoms with E-state index in [-0.39, 0.29) is 11.9 Å². The van der Waals surface area contributed by atoms with Crippen molar-refractivity contribution < 1.29 is 9.53 Å². The maximum atomic E-state index is 12.2. The van der Waals surface area contributed by atoms with Crippen LogP contribution in [-0.2, 0) is 4.74 Å². The molecule has 0 bridgehead atoms. The second-order valence-corrected chi connectivity index (χ2v) is 6.05. The first kappa shape index (κ1) is 15.5. The molecule has 0 spiro atoms. The van der Waals surface area contributed by atoms with Crippen LogP contribution in [-0.4, -0.2) is 31.0 Å². The van der Waals surface area contributed by atoms with E-state index >= 15 is 0 Å². The number of hydrogen-bond acceptors (Lipinski definition) is 2. The van der Waals surface area contributed by atoms with Crippen LogP contribution in [0.5, 0.6) is 0 Å². The maximum absolute atomic E-state index is 12.2. The molecule has 2 aromatic rings. The molecule has 2 rings (SSSR count). The third kappa shape index (κ3) is 3.81. The normalized spacial score (nSPS) is 12.3. The van der Waals surface area contributed by atoms with Crippen LogP contribution in [0.4, 0.5) is 0 Å². The van der Waals surface area contributed by atoms with Gasteiger partial charge >= 0.3 is 0 Å². The second kappa shape index (κ2) is 7.20. The summed E-state index contributed by atoms with van der Waals surface area (Å²) in [5.74, 6) is -0.0867. The maximum Gasteiger partial charge on any atom is 0.251 e. The Morgan fingerprint density at radius 1 is 1.25 bits per heavy atom. The minimum atomic E-state index is -0.0867. The van der Waals surface area contributed by atoms with Crippen LogP contribution in [0, 0.1) is 0 Å². The van der Waals surface area contributed by atoms with Crippen molar-refractivity contribution in [1.82, 2.24) is 5.32 Å². The molecule has 5 heteroatoms. The smallest absolute Gasteiger partial charge is 0.251 e. The number of halogens is 2. The van der Waals surface area contributed by atoms with E-state index in [1.807, 2.05) is 36.4 Å². The summed E-state index contributed by atoms with van der Waals surface area (Å²) >= 11 is 6.81. The van der Waals surface area contributed by atoms with Gasteiger partial charge < -0.3 is 10.1 Å². The number of benzene rings is 2. The molecule has 0 fully saturated rings. The zero-order valence-corrected chi connectivity index (χ0v) is 14.2. The highest BCUT2D eigenvalue weighted by molar-refractivity contribution is 9.10. The molecule has 2 aromatic carbocycles. The van der Waals surface area contributed by atoms with Gasteiger partial charge in [0.2, 0.25) is 0 Å². The van der Waals surface area contributed by atoms with Crippen molar-refractivity contribution in [2.24, 2.45) is 0 Å². The lowest BCUT2D eigenvalue weighted by Crippen LogP contribution is -2.39. The molecule has 1 unspecified atom stereocenters. The lowest BCUT2D eigenvalue weighted by atomic mass is 10.1. The van der Waals surface area contributed by atoms with Gasteiger partial charge in [-0.3, -0.25) is 4.79 Å².